The molecule has 21 heavy (non-hydrogen) atoms. The third kappa shape index (κ3) is 6.53. The second kappa shape index (κ2) is 9.85. The van der Waals surface area contributed by atoms with E-state index in [-0.39, 0.29) is 5.97 Å². The number of methoxy groups -OCH3 is 1. The van der Waals surface area contributed by atoms with Crippen LogP contribution in [0.15, 0.2) is 24.3 Å². The molecule has 0 radical (unpaired) electrons. The van der Waals surface area contributed by atoms with Gasteiger partial charge >= 0.3 is 5.97 Å². The molecule has 0 fully saturated rings. The highest BCUT2D eigenvalue weighted by Gasteiger charge is 2.11. The molecule has 1 unspecified atom stereocenters. The van der Waals surface area contributed by atoms with E-state index in [0.717, 1.165) is 18.1 Å². The molecule has 1 atom stereocenters. The Labute approximate surface area is 132 Å². The van der Waals surface area contributed by atoms with E-state index in [0.29, 0.717) is 18.4 Å². The first-order valence-corrected chi connectivity index (χ1v) is 8.71. The van der Waals surface area contributed by atoms with Gasteiger partial charge in [0, 0.05) is 17.5 Å². The van der Waals surface area contributed by atoms with Crippen LogP contribution < -0.4 is 5.32 Å². The van der Waals surface area contributed by atoms with Gasteiger partial charge < -0.3 is 10.1 Å². The van der Waals surface area contributed by atoms with Crippen molar-refractivity contribution in [1.29, 1.82) is 0 Å². The quantitative estimate of drug-likeness (QED) is 0.557. The van der Waals surface area contributed by atoms with Crippen LogP contribution in [0, 0.1) is 0 Å². The van der Waals surface area contributed by atoms with Crippen LogP contribution in [0.4, 0.5) is 0 Å². The van der Waals surface area contributed by atoms with Gasteiger partial charge in [-0.2, -0.15) is 11.8 Å². The molecule has 1 aromatic rings. The van der Waals surface area contributed by atoms with Crippen LogP contribution in [0.2, 0.25) is 0 Å². The molecular weight excluding hydrogens is 282 g/mol. The second-order valence-corrected chi connectivity index (χ2v) is 6.48. The summed E-state index contributed by atoms with van der Waals surface area (Å²) in [7, 11) is 1.44. The molecule has 1 aromatic carbocycles. The minimum absolute atomic E-state index is 0.135. The summed E-state index contributed by atoms with van der Waals surface area (Å²) in [5.74, 6) is 2.19. The zero-order valence-corrected chi connectivity index (χ0v) is 14.3. The fraction of sp³-hybridized carbons (Fsp3) is 0.588. The summed E-state index contributed by atoms with van der Waals surface area (Å²) < 4.78 is 4.66. The van der Waals surface area contributed by atoms with E-state index in [1.807, 2.05) is 0 Å². The Morgan fingerprint density at radius 1 is 1.24 bits per heavy atom. The van der Waals surface area contributed by atoms with Gasteiger partial charge in [-0.05, 0) is 23.6 Å². The Balaban J connectivity index is 2.53. The van der Waals surface area contributed by atoms with Crippen molar-refractivity contribution in [1.82, 2.24) is 5.32 Å². The van der Waals surface area contributed by atoms with Crippen molar-refractivity contribution in [2.75, 3.05) is 25.2 Å². The molecule has 1 rings (SSSR count). The molecule has 0 aliphatic carbocycles. The lowest BCUT2D eigenvalue weighted by atomic mass is 9.99. The first-order valence-electron chi connectivity index (χ1n) is 7.56. The molecule has 0 heterocycles. The molecule has 118 valence electrons. The van der Waals surface area contributed by atoms with Crippen LogP contribution in [0.25, 0.3) is 0 Å². The molecule has 0 bridgehead atoms. The molecule has 0 spiro atoms. The Bertz CT molecular complexity index is 417. The molecule has 0 aliphatic heterocycles. The number of esters is 1. The number of benzene rings is 1. The van der Waals surface area contributed by atoms with Crippen LogP contribution >= 0.6 is 11.8 Å². The molecule has 1 N–H and O–H groups in total. The standard InChI is InChI=1S/C17H27NO2S/c1-5-18-16(12-21-11-10-17(19)20-4)15-8-6-14(7-9-15)13(2)3/h6-9,13,16,18H,5,10-12H2,1-4H3. The maximum atomic E-state index is 11.1. The van der Waals surface area contributed by atoms with E-state index in [1.54, 1.807) is 11.8 Å². The van der Waals surface area contributed by atoms with E-state index in [1.165, 1.54) is 18.2 Å². The first-order chi connectivity index (χ1) is 10.1. The van der Waals surface area contributed by atoms with E-state index >= 15 is 0 Å². The Morgan fingerprint density at radius 2 is 1.86 bits per heavy atom. The third-order valence-corrected chi connectivity index (χ3v) is 4.48. The van der Waals surface area contributed by atoms with Crippen LogP contribution in [0.1, 0.15) is 50.3 Å². The van der Waals surface area contributed by atoms with Crippen molar-refractivity contribution in [2.45, 2.75) is 39.2 Å². The molecule has 4 heteroatoms. The molecular formula is C17H27NO2S. The van der Waals surface area contributed by atoms with E-state index < -0.39 is 0 Å². The van der Waals surface area contributed by atoms with Gasteiger partial charge in [-0.1, -0.05) is 45.0 Å². The van der Waals surface area contributed by atoms with Crippen LogP contribution in [0.3, 0.4) is 0 Å². The predicted molar refractivity (Wildman–Crippen MR) is 90.9 cm³/mol. The minimum Gasteiger partial charge on any atom is -0.469 e. The highest BCUT2D eigenvalue weighted by molar-refractivity contribution is 7.99. The van der Waals surface area contributed by atoms with Crippen LogP contribution in [0.5, 0.6) is 0 Å². The SMILES string of the molecule is CCNC(CSCCC(=O)OC)c1ccc(C(C)C)cc1. The summed E-state index contributed by atoms with van der Waals surface area (Å²) in [6, 6.07) is 9.18. The summed E-state index contributed by atoms with van der Waals surface area (Å²) in [6.45, 7) is 7.47. The lowest BCUT2D eigenvalue weighted by Gasteiger charge is -2.19. The van der Waals surface area contributed by atoms with Crippen molar-refractivity contribution >= 4 is 17.7 Å². The summed E-state index contributed by atoms with van der Waals surface area (Å²) in [5.41, 5.74) is 2.68. The first kappa shape index (κ1) is 18.1. The topological polar surface area (TPSA) is 38.3 Å². The largest absolute Gasteiger partial charge is 0.469 e. The average Bonchev–Trinajstić information content (AvgIpc) is 2.50. The summed E-state index contributed by atoms with van der Waals surface area (Å²) in [6.07, 6.45) is 0.478. The maximum Gasteiger partial charge on any atom is 0.306 e. The number of nitrogens with one attached hydrogen (secondary N) is 1. The van der Waals surface area contributed by atoms with E-state index in [4.69, 9.17) is 0 Å². The molecule has 3 nitrogen and oxygen atoms in total. The molecule has 0 aliphatic rings. The summed E-state index contributed by atoms with van der Waals surface area (Å²) >= 11 is 1.79. The molecule has 0 amide bonds. The number of carbonyl (C=O) groups is 1. The normalized spacial score (nSPS) is 12.4. The molecule has 0 saturated carbocycles. The highest BCUT2D eigenvalue weighted by atomic mass is 32.2. The third-order valence-electron chi connectivity index (χ3n) is 3.42. The van der Waals surface area contributed by atoms with E-state index in [2.05, 4.69) is 55.1 Å². The predicted octanol–water partition coefficient (Wildman–Crippen LogP) is 3.76. The van der Waals surface area contributed by atoms with Gasteiger partial charge in [-0.3, -0.25) is 4.79 Å². The minimum atomic E-state index is -0.135. The summed E-state index contributed by atoms with van der Waals surface area (Å²) in [5, 5.41) is 3.51. The van der Waals surface area contributed by atoms with Crippen molar-refractivity contribution in [3.8, 4) is 0 Å². The molecule has 0 aromatic heterocycles. The zero-order chi connectivity index (χ0) is 15.7. The van der Waals surface area contributed by atoms with E-state index in [9.17, 15) is 4.79 Å². The smallest absolute Gasteiger partial charge is 0.306 e. The van der Waals surface area contributed by atoms with Gasteiger partial charge in [-0.15, -0.1) is 0 Å². The zero-order valence-electron chi connectivity index (χ0n) is 13.5. The number of ether oxygens (including phenoxy) is 1. The number of hydrogen-bond acceptors (Lipinski definition) is 4. The Hall–Kier alpha value is -1.00. The Kier molecular flexibility index (Phi) is 8.47. The Morgan fingerprint density at radius 3 is 2.38 bits per heavy atom. The van der Waals surface area contributed by atoms with Crippen molar-refractivity contribution < 1.29 is 9.53 Å². The van der Waals surface area contributed by atoms with Crippen molar-refractivity contribution in [3.05, 3.63) is 35.4 Å². The number of carbonyl (C=O) groups excluding carboxylic acids is 1. The van der Waals surface area contributed by atoms with Crippen molar-refractivity contribution in [2.24, 2.45) is 0 Å². The fourth-order valence-electron chi connectivity index (χ4n) is 2.09. The monoisotopic (exact) mass is 309 g/mol. The highest BCUT2D eigenvalue weighted by Crippen LogP contribution is 2.22. The second-order valence-electron chi connectivity index (χ2n) is 5.33. The maximum absolute atomic E-state index is 11.1. The fourth-order valence-corrected chi connectivity index (χ4v) is 3.12. The number of hydrogen-bond donors (Lipinski definition) is 1. The van der Waals surface area contributed by atoms with Crippen LogP contribution in [-0.2, 0) is 9.53 Å². The average molecular weight is 309 g/mol. The van der Waals surface area contributed by atoms with Gasteiger partial charge in [-0.25, -0.2) is 0 Å². The van der Waals surface area contributed by atoms with Gasteiger partial charge in [0.25, 0.3) is 0 Å². The van der Waals surface area contributed by atoms with Gasteiger partial charge in [0.15, 0.2) is 0 Å². The van der Waals surface area contributed by atoms with Gasteiger partial charge in [0.05, 0.1) is 13.5 Å². The van der Waals surface area contributed by atoms with Gasteiger partial charge in [0.1, 0.15) is 0 Å². The number of thioether (sulfide) groups is 1. The van der Waals surface area contributed by atoms with Crippen molar-refractivity contribution in [3.63, 3.8) is 0 Å². The summed E-state index contributed by atoms with van der Waals surface area (Å²) in [4.78, 5) is 11.1. The number of rotatable bonds is 9. The van der Waals surface area contributed by atoms with Crippen LogP contribution in [-0.4, -0.2) is 31.1 Å². The lowest BCUT2D eigenvalue weighted by molar-refractivity contribution is -0.140. The van der Waals surface area contributed by atoms with Gasteiger partial charge in [0.2, 0.25) is 0 Å². The molecule has 0 saturated heterocycles. The lowest BCUT2D eigenvalue weighted by Crippen LogP contribution is -2.23.